The van der Waals surface area contributed by atoms with Crippen molar-refractivity contribution in [2.24, 2.45) is 5.73 Å². The number of aromatic nitrogens is 1. The molecule has 2 unspecified atom stereocenters. The first-order valence-corrected chi connectivity index (χ1v) is 5.13. The van der Waals surface area contributed by atoms with Gasteiger partial charge in [0.2, 0.25) is 0 Å². The van der Waals surface area contributed by atoms with E-state index in [2.05, 4.69) is 26.2 Å². The number of rotatable bonds is 2. The van der Waals surface area contributed by atoms with Crippen molar-refractivity contribution >= 4 is 22.0 Å². The van der Waals surface area contributed by atoms with E-state index in [0.29, 0.717) is 5.92 Å². The van der Waals surface area contributed by atoms with Crippen molar-refractivity contribution in [1.29, 1.82) is 0 Å². The van der Waals surface area contributed by atoms with Gasteiger partial charge in [-0.1, -0.05) is 6.07 Å². The van der Waals surface area contributed by atoms with Crippen molar-refractivity contribution in [3.05, 3.63) is 28.5 Å². The number of carbonyl (C=O) groups excluding carboxylic acids is 1. The van der Waals surface area contributed by atoms with E-state index >= 15 is 0 Å². The topological polar surface area (TPSA) is 68.0 Å². The highest BCUT2D eigenvalue weighted by molar-refractivity contribution is 9.10. The minimum Gasteiger partial charge on any atom is -0.352 e. The lowest BCUT2D eigenvalue weighted by Gasteiger charge is -2.00. The molecule has 0 spiro atoms. The van der Waals surface area contributed by atoms with Crippen LogP contribution < -0.4 is 11.1 Å². The van der Waals surface area contributed by atoms with Gasteiger partial charge in [-0.25, -0.2) is 9.78 Å². The summed E-state index contributed by atoms with van der Waals surface area (Å²) >= 11 is 3.27. The summed E-state index contributed by atoms with van der Waals surface area (Å²) in [4.78, 5) is 14.7. The quantitative estimate of drug-likeness (QED) is 0.784. The maximum absolute atomic E-state index is 10.6. The van der Waals surface area contributed by atoms with Crippen LogP contribution in [0.3, 0.4) is 0 Å². The molecule has 0 aliphatic heterocycles. The molecule has 1 aliphatic carbocycles. The first-order valence-electron chi connectivity index (χ1n) is 4.34. The van der Waals surface area contributed by atoms with E-state index in [9.17, 15) is 4.79 Å². The molecule has 1 saturated carbocycles. The highest BCUT2D eigenvalue weighted by atomic mass is 79.9. The fraction of sp³-hybridized carbons (Fsp3) is 0.333. The van der Waals surface area contributed by atoms with Crippen LogP contribution in [0.25, 0.3) is 0 Å². The fourth-order valence-electron chi connectivity index (χ4n) is 1.51. The summed E-state index contributed by atoms with van der Waals surface area (Å²) in [7, 11) is 0. The van der Waals surface area contributed by atoms with Crippen molar-refractivity contribution in [3.63, 3.8) is 0 Å². The molecular weight excluding hydrogens is 246 g/mol. The zero-order valence-electron chi connectivity index (χ0n) is 7.40. The van der Waals surface area contributed by atoms with Gasteiger partial charge in [0.25, 0.3) is 0 Å². The molecule has 2 amide bonds. The number of urea groups is 1. The highest BCUT2D eigenvalue weighted by Gasteiger charge is 2.39. The van der Waals surface area contributed by atoms with Crippen molar-refractivity contribution < 1.29 is 4.79 Å². The van der Waals surface area contributed by atoms with Gasteiger partial charge in [-0.15, -0.1) is 0 Å². The molecule has 2 rings (SSSR count). The van der Waals surface area contributed by atoms with E-state index in [4.69, 9.17) is 5.73 Å². The average molecular weight is 256 g/mol. The molecule has 0 saturated heterocycles. The lowest BCUT2D eigenvalue weighted by molar-refractivity contribution is 0.248. The first kappa shape index (κ1) is 9.45. The number of carbonyl (C=O) groups is 1. The molecule has 74 valence electrons. The third kappa shape index (κ3) is 2.04. The number of nitrogens with one attached hydrogen (secondary N) is 1. The van der Waals surface area contributed by atoms with Crippen LogP contribution in [0, 0.1) is 0 Å². The lowest BCUT2D eigenvalue weighted by atomic mass is 10.2. The molecule has 0 bridgehead atoms. The van der Waals surface area contributed by atoms with E-state index < -0.39 is 6.03 Å². The standard InChI is InChI=1S/C9H10BrN3O/c10-8-2-1-5(4-12-8)6-3-7(6)13-9(11)14/h1-2,4,6-7H,3H2,(H3,11,13,14). The van der Waals surface area contributed by atoms with Crippen LogP contribution in [0.5, 0.6) is 0 Å². The van der Waals surface area contributed by atoms with Crippen LogP contribution in [0.4, 0.5) is 4.79 Å². The normalized spacial score (nSPS) is 24.4. The zero-order chi connectivity index (χ0) is 10.1. The third-order valence-electron chi connectivity index (χ3n) is 2.30. The first-order chi connectivity index (χ1) is 6.66. The van der Waals surface area contributed by atoms with Crippen LogP contribution in [-0.2, 0) is 0 Å². The third-order valence-corrected chi connectivity index (χ3v) is 2.77. The molecule has 0 aromatic carbocycles. The summed E-state index contributed by atoms with van der Waals surface area (Å²) in [6, 6.07) is 3.64. The Morgan fingerprint density at radius 1 is 1.64 bits per heavy atom. The number of nitrogens with two attached hydrogens (primary N) is 1. The maximum Gasteiger partial charge on any atom is 0.312 e. The smallest absolute Gasteiger partial charge is 0.312 e. The molecular formula is C9H10BrN3O. The summed E-state index contributed by atoms with van der Waals surface area (Å²) in [5.41, 5.74) is 6.17. The number of hydrogen-bond donors (Lipinski definition) is 2. The molecule has 1 fully saturated rings. The molecule has 1 aromatic rings. The van der Waals surface area contributed by atoms with Crippen LogP contribution in [0.15, 0.2) is 22.9 Å². The Morgan fingerprint density at radius 2 is 2.43 bits per heavy atom. The van der Waals surface area contributed by atoms with E-state index in [1.807, 2.05) is 18.3 Å². The molecule has 1 heterocycles. The molecule has 14 heavy (non-hydrogen) atoms. The van der Waals surface area contributed by atoms with Crippen molar-refractivity contribution in [3.8, 4) is 0 Å². The van der Waals surface area contributed by atoms with Crippen LogP contribution in [0.2, 0.25) is 0 Å². The van der Waals surface area contributed by atoms with Crippen molar-refractivity contribution in [2.45, 2.75) is 18.4 Å². The number of amides is 2. The predicted octanol–water partition coefficient (Wildman–Crippen LogP) is 1.37. The molecule has 4 nitrogen and oxygen atoms in total. The van der Waals surface area contributed by atoms with Gasteiger partial charge in [0.15, 0.2) is 0 Å². The fourth-order valence-corrected chi connectivity index (χ4v) is 1.75. The van der Waals surface area contributed by atoms with Crippen molar-refractivity contribution in [1.82, 2.24) is 10.3 Å². The molecule has 1 aliphatic rings. The van der Waals surface area contributed by atoms with Gasteiger partial charge in [-0.3, -0.25) is 0 Å². The Bertz CT molecular complexity index is 352. The number of primary amides is 1. The van der Waals surface area contributed by atoms with Crippen molar-refractivity contribution in [2.75, 3.05) is 0 Å². The second-order valence-corrected chi connectivity index (χ2v) is 4.18. The number of hydrogen-bond acceptors (Lipinski definition) is 2. The highest BCUT2D eigenvalue weighted by Crippen LogP contribution is 2.40. The van der Waals surface area contributed by atoms with Gasteiger partial charge in [-0.05, 0) is 34.0 Å². The van der Waals surface area contributed by atoms with E-state index in [0.717, 1.165) is 16.6 Å². The summed E-state index contributed by atoms with van der Waals surface area (Å²) < 4.78 is 0.821. The van der Waals surface area contributed by atoms with Crippen LogP contribution >= 0.6 is 15.9 Å². The molecule has 1 aromatic heterocycles. The lowest BCUT2D eigenvalue weighted by Crippen LogP contribution is -2.31. The van der Waals surface area contributed by atoms with Gasteiger partial charge >= 0.3 is 6.03 Å². The monoisotopic (exact) mass is 255 g/mol. The molecule has 5 heteroatoms. The van der Waals surface area contributed by atoms with E-state index in [1.165, 1.54) is 0 Å². The van der Waals surface area contributed by atoms with Crippen LogP contribution in [-0.4, -0.2) is 17.1 Å². The van der Waals surface area contributed by atoms with Gasteiger partial charge < -0.3 is 11.1 Å². The van der Waals surface area contributed by atoms with E-state index in [-0.39, 0.29) is 6.04 Å². The zero-order valence-corrected chi connectivity index (χ0v) is 8.99. The second kappa shape index (κ2) is 3.57. The number of pyridine rings is 1. The Labute approximate surface area is 90.0 Å². The number of halogens is 1. The molecule has 2 atom stereocenters. The maximum atomic E-state index is 10.6. The molecule has 0 radical (unpaired) electrons. The summed E-state index contributed by atoms with van der Waals surface area (Å²) in [6.07, 6.45) is 2.77. The summed E-state index contributed by atoms with van der Waals surface area (Å²) in [5, 5.41) is 2.68. The Hall–Kier alpha value is -1.10. The predicted molar refractivity (Wildman–Crippen MR) is 55.8 cm³/mol. The number of nitrogens with zero attached hydrogens (tertiary/aromatic N) is 1. The van der Waals surface area contributed by atoms with Gasteiger partial charge in [0.1, 0.15) is 4.60 Å². The van der Waals surface area contributed by atoms with Gasteiger partial charge in [-0.2, -0.15) is 0 Å². The van der Waals surface area contributed by atoms with Gasteiger partial charge in [0.05, 0.1) is 0 Å². The van der Waals surface area contributed by atoms with E-state index in [1.54, 1.807) is 0 Å². The van der Waals surface area contributed by atoms with Crippen LogP contribution in [0.1, 0.15) is 17.9 Å². The van der Waals surface area contributed by atoms with Gasteiger partial charge in [0, 0.05) is 18.2 Å². The summed E-state index contributed by atoms with van der Waals surface area (Å²) in [5.74, 6) is 0.378. The largest absolute Gasteiger partial charge is 0.352 e. The Balaban J connectivity index is 1.99. The summed E-state index contributed by atoms with van der Waals surface area (Å²) in [6.45, 7) is 0. The molecule has 3 N–H and O–H groups in total. The SMILES string of the molecule is NC(=O)NC1CC1c1ccc(Br)nc1. The average Bonchev–Trinajstić information content (AvgIpc) is 2.84. The second-order valence-electron chi connectivity index (χ2n) is 3.37. The minimum atomic E-state index is -0.456. The Morgan fingerprint density at radius 3 is 3.00 bits per heavy atom. The minimum absolute atomic E-state index is 0.190. The Kier molecular flexibility index (Phi) is 2.41.